The molecule has 8 nitrogen and oxygen atoms in total. The lowest BCUT2D eigenvalue weighted by Gasteiger charge is -2.15. The number of Topliss-reactive ketones (excluding diaryl/α,β-unsaturated/α-hetero) is 1. The molecule has 0 saturated carbocycles. The van der Waals surface area contributed by atoms with Crippen LogP contribution < -0.4 is 0 Å². The monoisotopic (exact) mass is 357 g/mol. The SMILES string of the molecule is COC(=O)c1ccc(C(C(=O)OC)C(=O)c2ccccc2)c([N+](=O)[O-])c1. The molecule has 0 bridgehead atoms. The molecule has 134 valence electrons. The summed E-state index contributed by atoms with van der Waals surface area (Å²) in [4.78, 5) is 47.3. The summed E-state index contributed by atoms with van der Waals surface area (Å²) in [5.74, 6) is -3.89. The van der Waals surface area contributed by atoms with Gasteiger partial charge >= 0.3 is 11.9 Å². The molecule has 0 heterocycles. The highest BCUT2D eigenvalue weighted by molar-refractivity contribution is 6.13. The second-order valence-electron chi connectivity index (χ2n) is 5.21. The first-order chi connectivity index (χ1) is 12.4. The molecule has 1 unspecified atom stereocenters. The van der Waals surface area contributed by atoms with Crippen LogP contribution >= 0.6 is 0 Å². The number of nitro benzene ring substituents is 1. The lowest BCUT2D eigenvalue weighted by atomic mass is 9.89. The molecule has 0 aliphatic carbocycles. The van der Waals surface area contributed by atoms with E-state index in [-0.39, 0.29) is 16.7 Å². The maximum absolute atomic E-state index is 12.8. The smallest absolute Gasteiger partial charge is 0.338 e. The summed E-state index contributed by atoms with van der Waals surface area (Å²) in [5, 5.41) is 11.4. The lowest BCUT2D eigenvalue weighted by molar-refractivity contribution is -0.385. The minimum Gasteiger partial charge on any atom is -0.468 e. The standard InChI is InChI=1S/C18H15NO7/c1-25-17(21)12-8-9-13(14(10-12)19(23)24)15(18(22)26-2)16(20)11-6-4-3-5-7-11/h3-10,15H,1-2H3. The second-order valence-corrected chi connectivity index (χ2v) is 5.21. The number of rotatable bonds is 6. The summed E-state index contributed by atoms with van der Waals surface area (Å²) < 4.78 is 9.21. The predicted molar refractivity (Wildman–Crippen MR) is 90.0 cm³/mol. The van der Waals surface area contributed by atoms with Crippen LogP contribution in [-0.2, 0) is 14.3 Å². The molecule has 2 aromatic rings. The molecule has 0 spiro atoms. The lowest BCUT2D eigenvalue weighted by Crippen LogP contribution is -2.24. The zero-order valence-corrected chi connectivity index (χ0v) is 14.0. The Hall–Kier alpha value is -3.55. The van der Waals surface area contributed by atoms with Crippen molar-refractivity contribution in [2.24, 2.45) is 0 Å². The predicted octanol–water partition coefficient (Wildman–Crippen LogP) is 2.52. The Bertz CT molecular complexity index is 861. The molecule has 0 aromatic heterocycles. The number of hydrogen-bond donors (Lipinski definition) is 0. The molecule has 2 aromatic carbocycles. The van der Waals surface area contributed by atoms with Crippen molar-refractivity contribution in [2.45, 2.75) is 5.92 Å². The third-order valence-electron chi connectivity index (χ3n) is 3.72. The summed E-state index contributed by atoms with van der Waals surface area (Å²) in [5.41, 5.74) is -0.580. The fourth-order valence-corrected chi connectivity index (χ4v) is 2.45. The number of hydrogen-bond acceptors (Lipinski definition) is 7. The fourth-order valence-electron chi connectivity index (χ4n) is 2.45. The molecule has 1 atom stereocenters. The van der Waals surface area contributed by atoms with Gasteiger partial charge in [0.25, 0.3) is 5.69 Å². The van der Waals surface area contributed by atoms with Crippen molar-refractivity contribution in [3.8, 4) is 0 Å². The van der Waals surface area contributed by atoms with Crippen LogP contribution in [0.5, 0.6) is 0 Å². The molecule has 26 heavy (non-hydrogen) atoms. The van der Waals surface area contributed by atoms with Gasteiger partial charge < -0.3 is 9.47 Å². The highest BCUT2D eigenvalue weighted by Crippen LogP contribution is 2.31. The average Bonchev–Trinajstić information content (AvgIpc) is 2.67. The van der Waals surface area contributed by atoms with E-state index < -0.39 is 34.3 Å². The van der Waals surface area contributed by atoms with Gasteiger partial charge in [-0.2, -0.15) is 0 Å². The van der Waals surface area contributed by atoms with Gasteiger partial charge in [-0.05, 0) is 12.1 Å². The van der Waals surface area contributed by atoms with Crippen LogP contribution in [0.1, 0.15) is 32.2 Å². The summed E-state index contributed by atoms with van der Waals surface area (Å²) in [6, 6.07) is 11.3. The quantitative estimate of drug-likeness (QED) is 0.257. The van der Waals surface area contributed by atoms with E-state index in [4.69, 9.17) is 0 Å². The van der Waals surface area contributed by atoms with Crippen LogP contribution in [0.4, 0.5) is 5.69 Å². The van der Waals surface area contributed by atoms with Gasteiger partial charge in [-0.3, -0.25) is 19.7 Å². The van der Waals surface area contributed by atoms with Crippen molar-refractivity contribution in [3.05, 3.63) is 75.3 Å². The largest absolute Gasteiger partial charge is 0.468 e. The van der Waals surface area contributed by atoms with Gasteiger partial charge in [-0.1, -0.05) is 30.3 Å². The van der Waals surface area contributed by atoms with Crippen LogP contribution in [0, 0.1) is 10.1 Å². The third kappa shape index (κ3) is 3.75. The van der Waals surface area contributed by atoms with Gasteiger partial charge in [0.15, 0.2) is 11.7 Å². The Morgan fingerprint density at radius 3 is 2.15 bits per heavy atom. The van der Waals surface area contributed by atoms with Gasteiger partial charge in [0.2, 0.25) is 0 Å². The molecular weight excluding hydrogens is 342 g/mol. The van der Waals surface area contributed by atoms with Gasteiger partial charge in [0, 0.05) is 11.6 Å². The topological polar surface area (TPSA) is 113 Å². The first-order valence-electron chi connectivity index (χ1n) is 7.44. The molecule has 2 rings (SSSR count). The van der Waals surface area contributed by atoms with E-state index in [9.17, 15) is 24.5 Å². The molecule has 0 radical (unpaired) electrons. The van der Waals surface area contributed by atoms with Gasteiger partial charge in [-0.15, -0.1) is 0 Å². The zero-order valence-electron chi connectivity index (χ0n) is 14.0. The Balaban J connectivity index is 2.61. The number of carbonyl (C=O) groups is 3. The number of methoxy groups -OCH3 is 2. The van der Waals surface area contributed by atoms with E-state index in [1.807, 2.05) is 0 Å². The Morgan fingerprint density at radius 1 is 0.962 bits per heavy atom. The summed E-state index contributed by atoms with van der Waals surface area (Å²) >= 11 is 0. The summed E-state index contributed by atoms with van der Waals surface area (Å²) in [6.07, 6.45) is 0. The molecule has 0 saturated heterocycles. The first-order valence-corrected chi connectivity index (χ1v) is 7.44. The van der Waals surface area contributed by atoms with Crippen LogP contribution in [0.2, 0.25) is 0 Å². The molecule has 0 amide bonds. The Labute approximate surface area is 148 Å². The Morgan fingerprint density at radius 2 is 1.62 bits per heavy atom. The number of esters is 2. The first kappa shape index (κ1) is 18.8. The van der Waals surface area contributed by atoms with Gasteiger partial charge in [-0.25, -0.2) is 4.79 Å². The highest BCUT2D eigenvalue weighted by atomic mass is 16.6. The molecular formula is C18H15NO7. The molecule has 0 aliphatic heterocycles. The van der Waals surface area contributed by atoms with Crippen molar-refractivity contribution >= 4 is 23.4 Å². The van der Waals surface area contributed by atoms with Crippen molar-refractivity contribution in [2.75, 3.05) is 14.2 Å². The maximum atomic E-state index is 12.8. The van der Waals surface area contributed by atoms with Crippen molar-refractivity contribution in [1.29, 1.82) is 0 Å². The van der Waals surface area contributed by atoms with Crippen molar-refractivity contribution in [1.82, 2.24) is 0 Å². The van der Waals surface area contributed by atoms with Gasteiger partial charge in [0.1, 0.15) is 0 Å². The number of carbonyl (C=O) groups excluding carboxylic acids is 3. The van der Waals surface area contributed by atoms with E-state index in [1.54, 1.807) is 18.2 Å². The average molecular weight is 357 g/mol. The van der Waals surface area contributed by atoms with Crippen molar-refractivity contribution < 1.29 is 28.8 Å². The molecule has 8 heteroatoms. The van der Waals surface area contributed by atoms with E-state index in [1.165, 1.54) is 24.3 Å². The number of benzene rings is 2. The van der Waals surface area contributed by atoms with E-state index in [2.05, 4.69) is 9.47 Å². The molecule has 0 fully saturated rings. The molecule has 0 N–H and O–H groups in total. The van der Waals surface area contributed by atoms with Crippen molar-refractivity contribution in [3.63, 3.8) is 0 Å². The van der Waals surface area contributed by atoms with Crippen LogP contribution in [-0.4, -0.2) is 36.9 Å². The number of nitro groups is 1. The van der Waals surface area contributed by atoms with E-state index in [0.29, 0.717) is 0 Å². The minimum absolute atomic E-state index is 0.0706. The van der Waals surface area contributed by atoms with E-state index in [0.717, 1.165) is 20.3 Å². The fraction of sp³-hybridized carbons (Fsp3) is 0.167. The number of ketones is 1. The normalized spacial score (nSPS) is 11.3. The minimum atomic E-state index is -1.53. The van der Waals surface area contributed by atoms with Crippen LogP contribution in [0.15, 0.2) is 48.5 Å². The number of ether oxygens (including phenoxy) is 2. The highest BCUT2D eigenvalue weighted by Gasteiger charge is 2.36. The molecule has 0 aliphatic rings. The zero-order chi connectivity index (χ0) is 19.3. The third-order valence-corrected chi connectivity index (χ3v) is 3.72. The maximum Gasteiger partial charge on any atom is 0.338 e. The number of nitrogens with zero attached hydrogens (tertiary/aromatic N) is 1. The van der Waals surface area contributed by atoms with Crippen LogP contribution in [0.25, 0.3) is 0 Å². The second kappa shape index (κ2) is 8.02. The Kier molecular flexibility index (Phi) is 5.79. The summed E-state index contributed by atoms with van der Waals surface area (Å²) in [7, 11) is 2.22. The van der Waals surface area contributed by atoms with Gasteiger partial charge in [0.05, 0.1) is 30.3 Å². The van der Waals surface area contributed by atoms with Crippen LogP contribution in [0.3, 0.4) is 0 Å². The van der Waals surface area contributed by atoms with E-state index >= 15 is 0 Å². The summed E-state index contributed by atoms with van der Waals surface area (Å²) in [6.45, 7) is 0.